The summed E-state index contributed by atoms with van der Waals surface area (Å²) in [6.07, 6.45) is 0. The molecule has 49 heavy (non-hydrogen) atoms. The number of hydrogen-bond donors (Lipinski definition) is 0. The van der Waals surface area contributed by atoms with E-state index in [0.717, 1.165) is 83.8 Å². The van der Waals surface area contributed by atoms with Crippen LogP contribution in [0.2, 0.25) is 0 Å². The van der Waals surface area contributed by atoms with Gasteiger partial charge in [-0.2, -0.15) is 10.5 Å². The van der Waals surface area contributed by atoms with Crippen molar-refractivity contribution in [1.29, 1.82) is 10.5 Å². The second-order valence-electron chi connectivity index (χ2n) is 12.8. The highest BCUT2D eigenvalue weighted by atomic mass is 15.1. The predicted octanol–water partition coefficient (Wildman–Crippen LogP) is 12.3. The van der Waals surface area contributed by atoms with Crippen molar-refractivity contribution in [3.05, 3.63) is 165 Å². The van der Waals surface area contributed by atoms with Crippen molar-refractivity contribution in [3.63, 3.8) is 0 Å². The lowest BCUT2D eigenvalue weighted by Crippen LogP contribution is -2.11. The van der Waals surface area contributed by atoms with Crippen LogP contribution in [0, 0.1) is 70.8 Å². The Labute approximate surface area is 289 Å². The molecule has 0 spiro atoms. The summed E-state index contributed by atoms with van der Waals surface area (Å²) in [5.74, 6) is 0. The highest BCUT2D eigenvalue weighted by Crippen LogP contribution is 2.42. The Morgan fingerprint density at radius 3 is 1.16 bits per heavy atom. The quantitative estimate of drug-likeness (QED) is 0.172. The van der Waals surface area contributed by atoms with E-state index in [9.17, 15) is 10.5 Å². The molecule has 0 aromatic heterocycles. The van der Waals surface area contributed by atoms with E-state index in [-0.39, 0.29) is 0 Å². The van der Waals surface area contributed by atoms with Gasteiger partial charge in [0, 0.05) is 17.1 Å². The van der Waals surface area contributed by atoms with Crippen LogP contribution in [-0.2, 0) is 0 Å². The normalized spacial score (nSPS) is 10.6. The average Bonchev–Trinajstić information content (AvgIpc) is 3.09. The first kappa shape index (κ1) is 32.5. The summed E-state index contributed by atoms with van der Waals surface area (Å²) in [6.45, 7) is 20.1. The fraction of sp³-hybridized carbons (Fsp3) is 0.133. The Bertz CT molecular complexity index is 2130. The van der Waals surface area contributed by atoms with Crippen LogP contribution in [0.4, 0.5) is 22.7 Å². The molecule has 0 fully saturated rings. The van der Waals surface area contributed by atoms with Gasteiger partial charge < -0.3 is 4.90 Å². The lowest BCUT2D eigenvalue weighted by molar-refractivity contribution is 1.25. The highest BCUT2D eigenvalue weighted by molar-refractivity contribution is 5.87. The SMILES string of the molecule is [C-]#[N+]c1cc(C)ccc1-c1ccc(N(c2ccc(-c3ccc(C)cc3C#N)c(C)c2)c2ccc(-c3ccc(C)cc3C#N)c(C)c2)cc1C. The van der Waals surface area contributed by atoms with Crippen LogP contribution >= 0.6 is 0 Å². The van der Waals surface area contributed by atoms with Crippen LogP contribution in [0.5, 0.6) is 0 Å². The minimum Gasteiger partial charge on any atom is -0.310 e. The second kappa shape index (κ2) is 13.4. The molecule has 6 aromatic carbocycles. The molecule has 0 saturated heterocycles. The zero-order valence-corrected chi connectivity index (χ0v) is 28.7. The first-order valence-electron chi connectivity index (χ1n) is 16.2. The van der Waals surface area contributed by atoms with Gasteiger partial charge in [-0.1, -0.05) is 66.2 Å². The maximum atomic E-state index is 9.90. The van der Waals surface area contributed by atoms with Gasteiger partial charge in [0.05, 0.1) is 29.8 Å². The third-order valence-corrected chi connectivity index (χ3v) is 9.14. The molecule has 4 heteroatoms. The van der Waals surface area contributed by atoms with Crippen LogP contribution in [0.15, 0.2) is 109 Å². The average molecular weight is 633 g/mol. The van der Waals surface area contributed by atoms with E-state index in [2.05, 4.69) is 103 Å². The van der Waals surface area contributed by atoms with Gasteiger partial charge in [0.2, 0.25) is 0 Å². The molecule has 0 unspecified atom stereocenters. The number of nitrogens with zero attached hydrogens (tertiary/aromatic N) is 4. The molecule has 0 amide bonds. The third-order valence-electron chi connectivity index (χ3n) is 9.14. The number of hydrogen-bond acceptors (Lipinski definition) is 3. The summed E-state index contributed by atoms with van der Waals surface area (Å²) in [6, 6.07) is 42.0. The highest BCUT2D eigenvalue weighted by Gasteiger charge is 2.19. The van der Waals surface area contributed by atoms with Crippen LogP contribution in [0.25, 0.3) is 38.2 Å². The maximum absolute atomic E-state index is 9.90. The van der Waals surface area contributed by atoms with Crippen LogP contribution < -0.4 is 4.90 Å². The number of anilines is 3. The number of benzene rings is 6. The van der Waals surface area contributed by atoms with Gasteiger partial charge in [0.1, 0.15) is 0 Å². The largest absolute Gasteiger partial charge is 0.310 e. The molecule has 0 N–H and O–H groups in total. The van der Waals surface area contributed by atoms with Crippen molar-refractivity contribution in [2.75, 3.05) is 4.90 Å². The Hall–Kier alpha value is -6.41. The van der Waals surface area contributed by atoms with E-state index < -0.39 is 0 Å². The topological polar surface area (TPSA) is 55.2 Å². The summed E-state index contributed by atoms with van der Waals surface area (Å²) in [4.78, 5) is 6.07. The fourth-order valence-corrected chi connectivity index (χ4v) is 6.65. The molecule has 0 heterocycles. The molecule has 0 aliphatic rings. The molecule has 236 valence electrons. The predicted molar refractivity (Wildman–Crippen MR) is 202 cm³/mol. The fourth-order valence-electron chi connectivity index (χ4n) is 6.65. The minimum absolute atomic E-state index is 0.644. The summed E-state index contributed by atoms with van der Waals surface area (Å²) in [5, 5.41) is 19.8. The molecule has 4 nitrogen and oxygen atoms in total. The molecule has 6 aromatic rings. The Balaban J connectivity index is 1.51. The third kappa shape index (κ3) is 6.32. The van der Waals surface area contributed by atoms with Crippen LogP contribution in [0.3, 0.4) is 0 Å². The zero-order chi connectivity index (χ0) is 34.8. The van der Waals surface area contributed by atoms with E-state index in [1.165, 1.54) is 0 Å². The van der Waals surface area contributed by atoms with Crippen LogP contribution in [-0.4, -0.2) is 0 Å². The number of nitriles is 2. The second-order valence-corrected chi connectivity index (χ2v) is 12.8. The van der Waals surface area contributed by atoms with Crippen molar-refractivity contribution >= 4 is 22.7 Å². The van der Waals surface area contributed by atoms with Gasteiger partial charge in [-0.05, 0) is 151 Å². The zero-order valence-electron chi connectivity index (χ0n) is 28.7. The van der Waals surface area contributed by atoms with Crippen molar-refractivity contribution in [1.82, 2.24) is 0 Å². The Morgan fingerprint density at radius 1 is 0.449 bits per heavy atom. The number of rotatable bonds is 6. The number of aryl methyl sites for hydroxylation is 6. The molecule has 0 bridgehead atoms. The van der Waals surface area contributed by atoms with Crippen molar-refractivity contribution < 1.29 is 0 Å². The Morgan fingerprint density at radius 2 is 0.796 bits per heavy atom. The van der Waals surface area contributed by atoms with E-state index >= 15 is 0 Å². The molecule has 0 aliphatic heterocycles. The maximum Gasteiger partial charge on any atom is 0.195 e. The molecular formula is C45H36N4. The molecule has 0 saturated carbocycles. The Kier molecular flexibility index (Phi) is 8.88. The lowest BCUT2D eigenvalue weighted by Gasteiger charge is -2.28. The first-order chi connectivity index (χ1) is 23.6. The first-order valence-corrected chi connectivity index (χ1v) is 16.2. The lowest BCUT2D eigenvalue weighted by atomic mass is 9.93. The van der Waals surface area contributed by atoms with Crippen molar-refractivity contribution in [3.8, 4) is 45.5 Å². The molecular weight excluding hydrogens is 597 g/mol. The molecule has 0 atom stereocenters. The summed E-state index contributed by atoms with van der Waals surface area (Å²) < 4.78 is 0. The molecule has 0 aliphatic carbocycles. The van der Waals surface area contributed by atoms with Gasteiger partial charge >= 0.3 is 0 Å². The smallest absolute Gasteiger partial charge is 0.195 e. The van der Waals surface area contributed by atoms with Crippen molar-refractivity contribution in [2.24, 2.45) is 0 Å². The van der Waals surface area contributed by atoms with Gasteiger partial charge in [0.15, 0.2) is 5.69 Å². The van der Waals surface area contributed by atoms with Gasteiger partial charge in [-0.25, -0.2) is 4.85 Å². The van der Waals surface area contributed by atoms with Crippen LogP contribution in [0.1, 0.15) is 44.5 Å². The van der Waals surface area contributed by atoms with E-state index in [1.54, 1.807) is 0 Å². The monoisotopic (exact) mass is 632 g/mol. The summed E-state index contributed by atoms with van der Waals surface area (Å²) in [5.41, 5.74) is 17.1. The van der Waals surface area contributed by atoms with Gasteiger partial charge in [0.25, 0.3) is 0 Å². The van der Waals surface area contributed by atoms with E-state index in [0.29, 0.717) is 16.8 Å². The molecule has 6 rings (SSSR count). The molecule has 0 radical (unpaired) electrons. The standard InChI is InChI=1S/C45H36N4/c1-28-8-14-42(34(20-28)26-46)39-17-11-36(23-31(39)4)49(37-12-18-40(32(5)24-37)43-15-9-29(2)21-35(43)27-47)38-13-19-41(33(6)25-38)44-16-10-30(3)22-45(44)48-7/h8-25H,1-6H3. The minimum atomic E-state index is 0.644. The van der Waals surface area contributed by atoms with Crippen molar-refractivity contribution in [2.45, 2.75) is 41.5 Å². The summed E-state index contributed by atoms with van der Waals surface area (Å²) in [7, 11) is 0. The van der Waals surface area contributed by atoms with E-state index in [1.807, 2.05) is 69.3 Å². The van der Waals surface area contributed by atoms with E-state index in [4.69, 9.17) is 6.57 Å². The summed E-state index contributed by atoms with van der Waals surface area (Å²) >= 11 is 0. The van der Waals surface area contributed by atoms with Gasteiger partial charge in [-0.3, -0.25) is 0 Å². The van der Waals surface area contributed by atoms with Gasteiger partial charge in [-0.15, -0.1) is 0 Å².